The van der Waals surface area contributed by atoms with E-state index in [4.69, 9.17) is 0 Å². The lowest BCUT2D eigenvalue weighted by molar-refractivity contribution is 0.278. The van der Waals surface area contributed by atoms with E-state index >= 15 is 0 Å². The summed E-state index contributed by atoms with van der Waals surface area (Å²) in [5, 5.41) is 18.5. The third-order valence-corrected chi connectivity index (χ3v) is 4.80. The van der Waals surface area contributed by atoms with Gasteiger partial charge in [-0.3, -0.25) is 0 Å². The van der Waals surface area contributed by atoms with E-state index in [0.717, 1.165) is 25.7 Å². The van der Waals surface area contributed by atoms with Gasteiger partial charge in [-0.2, -0.15) is 0 Å². The minimum absolute atomic E-state index is 0.245. The van der Waals surface area contributed by atoms with Crippen molar-refractivity contribution in [1.82, 2.24) is 0 Å². The molecule has 0 saturated heterocycles. The van der Waals surface area contributed by atoms with Gasteiger partial charge in [0.25, 0.3) is 0 Å². The molecule has 0 saturated carbocycles. The zero-order chi connectivity index (χ0) is 15.4. The summed E-state index contributed by atoms with van der Waals surface area (Å²) >= 11 is 0. The fourth-order valence-electron chi connectivity index (χ4n) is 3.84. The second-order valence-corrected chi connectivity index (χ2v) is 6.09. The summed E-state index contributed by atoms with van der Waals surface area (Å²) in [6.07, 6.45) is 3.62. The zero-order valence-electron chi connectivity index (χ0n) is 12.9. The van der Waals surface area contributed by atoms with Crippen molar-refractivity contribution < 1.29 is 10.2 Å². The summed E-state index contributed by atoms with van der Waals surface area (Å²) in [5.41, 5.74) is 5.60. The summed E-state index contributed by atoms with van der Waals surface area (Å²) in [7, 11) is 0. The van der Waals surface area contributed by atoms with Gasteiger partial charge in [-0.25, -0.2) is 0 Å². The highest BCUT2D eigenvalue weighted by molar-refractivity contribution is 5.52. The monoisotopic (exact) mass is 296 g/mol. The second-order valence-electron chi connectivity index (χ2n) is 6.09. The first-order chi connectivity index (χ1) is 10.9. The van der Waals surface area contributed by atoms with Crippen LogP contribution in [0.2, 0.25) is 0 Å². The summed E-state index contributed by atoms with van der Waals surface area (Å²) in [4.78, 5) is 0. The molecule has 2 aromatic rings. The van der Waals surface area contributed by atoms with Crippen molar-refractivity contribution in [3.05, 3.63) is 70.8 Å². The molecule has 0 spiro atoms. The Kier molecular flexibility index (Phi) is 4.91. The Labute approximate surface area is 132 Å². The van der Waals surface area contributed by atoms with Gasteiger partial charge in [0.05, 0.1) is 0 Å². The lowest BCUT2D eigenvalue weighted by Gasteiger charge is -2.34. The van der Waals surface area contributed by atoms with Gasteiger partial charge in [-0.1, -0.05) is 48.5 Å². The molecule has 3 rings (SSSR count). The molecular formula is C20H24O2. The molecule has 116 valence electrons. The van der Waals surface area contributed by atoms with Gasteiger partial charge in [-0.05, 0) is 47.9 Å². The van der Waals surface area contributed by atoms with E-state index in [9.17, 15) is 10.2 Å². The summed E-state index contributed by atoms with van der Waals surface area (Å²) in [6, 6.07) is 17.4. The van der Waals surface area contributed by atoms with Crippen LogP contribution >= 0.6 is 0 Å². The average Bonchev–Trinajstić information content (AvgIpc) is 2.58. The van der Waals surface area contributed by atoms with Crippen LogP contribution in [0.4, 0.5) is 0 Å². The third kappa shape index (κ3) is 2.81. The maximum Gasteiger partial charge on any atom is 0.0431 e. The third-order valence-electron chi connectivity index (χ3n) is 4.80. The fraction of sp³-hybridized carbons (Fsp3) is 0.400. The molecule has 0 heterocycles. The van der Waals surface area contributed by atoms with E-state index in [0.29, 0.717) is 11.8 Å². The van der Waals surface area contributed by atoms with E-state index in [1.165, 1.54) is 22.3 Å². The van der Waals surface area contributed by atoms with E-state index in [-0.39, 0.29) is 13.2 Å². The van der Waals surface area contributed by atoms with Crippen LogP contribution in [-0.2, 0) is 0 Å². The molecule has 0 atom stereocenters. The Morgan fingerprint density at radius 2 is 0.909 bits per heavy atom. The number of fused-ring (bicyclic) bond motifs is 2. The van der Waals surface area contributed by atoms with Gasteiger partial charge in [-0.15, -0.1) is 0 Å². The molecule has 0 radical (unpaired) electrons. The zero-order valence-corrected chi connectivity index (χ0v) is 12.9. The molecule has 0 amide bonds. The van der Waals surface area contributed by atoms with Crippen LogP contribution < -0.4 is 0 Å². The summed E-state index contributed by atoms with van der Waals surface area (Å²) in [6.45, 7) is 0.490. The van der Waals surface area contributed by atoms with Gasteiger partial charge < -0.3 is 10.2 Å². The normalized spacial score (nSPS) is 19.5. The van der Waals surface area contributed by atoms with E-state index in [2.05, 4.69) is 48.5 Å². The predicted octanol–water partition coefficient (Wildman–Crippen LogP) is 3.81. The number of hydrogen-bond acceptors (Lipinski definition) is 2. The van der Waals surface area contributed by atoms with Crippen molar-refractivity contribution in [1.29, 1.82) is 0 Å². The topological polar surface area (TPSA) is 40.5 Å². The number of hydrogen-bond donors (Lipinski definition) is 2. The van der Waals surface area contributed by atoms with E-state index in [1.807, 2.05) is 0 Å². The van der Waals surface area contributed by atoms with Gasteiger partial charge in [0.15, 0.2) is 0 Å². The predicted molar refractivity (Wildman–Crippen MR) is 89.2 cm³/mol. The number of aliphatic hydroxyl groups excluding tert-OH is 2. The molecule has 0 fully saturated rings. The highest BCUT2D eigenvalue weighted by atomic mass is 16.3. The van der Waals surface area contributed by atoms with Crippen molar-refractivity contribution in [2.75, 3.05) is 13.2 Å². The van der Waals surface area contributed by atoms with Crippen molar-refractivity contribution >= 4 is 0 Å². The molecule has 2 N–H and O–H groups in total. The van der Waals surface area contributed by atoms with Crippen LogP contribution in [0.3, 0.4) is 0 Å². The molecule has 0 bridgehead atoms. The maximum atomic E-state index is 9.23. The first kappa shape index (κ1) is 15.3. The molecule has 2 aromatic carbocycles. The van der Waals surface area contributed by atoms with Crippen LogP contribution in [-0.4, -0.2) is 23.4 Å². The average molecular weight is 296 g/mol. The Morgan fingerprint density at radius 3 is 1.18 bits per heavy atom. The minimum Gasteiger partial charge on any atom is -0.396 e. The summed E-state index contributed by atoms with van der Waals surface area (Å²) < 4.78 is 0. The second kappa shape index (κ2) is 7.08. The molecule has 0 unspecified atom stereocenters. The Morgan fingerprint density at radius 1 is 0.591 bits per heavy atom. The standard InChI is InChI=1S/C20H24O2/c21-13-5-11-19-15-7-1-2-8-16(15)20(12-6-14-22)18-10-4-3-9-17(18)19/h1-4,7-10,19-22H,5-6,11-14H2. The molecule has 2 heteroatoms. The number of benzene rings is 2. The van der Waals surface area contributed by atoms with Gasteiger partial charge in [0.1, 0.15) is 0 Å². The van der Waals surface area contributed by atoms with E-state index in [1.54, 1.807) is 0 Å². The summed E-state index contributed by atoms with van der Waals surface area (Å²) in [5.74, 6) is 0.759. The van der Waals surface area contributed by atoms with Crippen molar-refractivity contribution in [3.8, 4) is 0 Å². The maximum absolute atomic E-state index is 9.23. The largest absolute Gasteiger partial charge is 0.396 e. The number of aliphatic hydroxyl groups is 2. The molecule has 0 aromatic heterocycles. The Bertz CT molecular complexity index is 519. The first-order valence-corrected chi connectivity index (χ1v) is 8.26. The van der Waals surface area contributed by atoms with Gasteiger partial charge >= 0.3 is 0 Å². The molecule has 1 aliphatic rings. The first-order valence-electron chi connectivity index (χ1n) is 8.26. The highest BCUT2D eigenvalue weighted by Crippen LogP contribution is 2.46. The van der Waals surface area contributed by atoms with Crippen LogP contribution in [0.1, 0.15) is 59.8 Å². The Hall–Kier alpha value is -1.64. The quantitative estimate of drug-likeness (QED) is 0.851. The van der Waals surface area contributed by atoms with Gasteiger partial charge in [0, 0.05) is 25.0 Å². The lowest BCUT2D eigenvalue weighted by Crippen LogP contribution is -2.19. The molecular weight excluding hydrogens is 272 g/mol. The molecule has 1 aliphatic carbocycles. The fourth-order valence-corrected chi connectivity index (χ4v) is 3.84. The van der Waals surface area contributed by atoms with Gasteiger partial charge in [0.2, 0.25) is 0 Å². The van der Waals surface area contributed by atoms with Crippen LogP contribution in [0, 0.1) is 0 Å². The van der Waals surface area contributed by atoms with Crippen LogP contribution in [0.5, 0.6) is 0 Å². The lowest BCUT2D eigenvalue weighted by atomic mass is 9.70. The van der Waals surface area contributed by atoms with Crippen molar-refractivity contribution in [3.63, 3.8) is 0 Å². The Balaban J connectivity index is 2.06. The minimum atomic E-state index is 0.245. The van der Waals surface area contributed by atoms with Crippen molar-refractivity contribution in [2.45, 2.75) is 37.5 Å². The SMILES string of the molecule is OCCCC1c2ccccc2C(CCCO)c2ccccc21. The van der Waals surface area contributed by atoms with E-state index < -0.39 is 0 Å². The smallest absolute Gasteiger partial charge is 0.0431 e. The molecule has 2 nitrogen and oxygen atoms in total. The van der Waals surface area contributed by atoms with Crippen LogP contribution in [0.25, 0.3) is 0 Å². The highest BCUT2D eigenvalue weighted by Gasteiger charge is 2.30. The molecule has 0 aliphatic heterocycles. The van der Waals surface area contributed by atoms with Crippen LogP contribution in [0.15, 0.2) is 48.5 Å². The van der Waals surface area contributed by atoms with Crippen molar-refractivity contribution in [2.24, 2.45) is 0 Å². The number of rotatable bonds is 6. The molecule has 22 heavy (non-hydrogen) atoms.